The Hall–Kier alpha value is -0.770. The Labute approximate surface area is 77.4 Å². The van der Waals surface area contributed by atoms with Gasteiger partial charge in [0.25, 0.3) is 0 Å². The van der Waals surface area contributed by atoms with Crippen molar-refractivity contribution >= 4 is 22.4 Å². The van der Waals surface area contributed by atoms with Gasteiger partial charge in [0.05, 0.1) is 0 Å². The summed E-state index contributed by atoms with van der Waals surface area (Å²) in [4.78, 5) is 2.20. The van der Waals surface area contributed by atoms with Crippen molar-refractivity contribution in [2.45, 2.75) is 26.3 Å². The zero-order valence-electron chi connectivity index (χ0n) is 7.74. The van der Waals surface area contributed by atoms with Crippen LogP contribution in [0.3, 0.4) is 0 Å². The lowest BCUT2D eigenvalue weighted by Gasteiger charge is -2.23. The highest BCUT2D eigenvalue weighted by Crippen LogP contribution is 2.23. The second-order valence-electron chi connectivity index (χ2n) is 2.96. The fourth-order valence-corrected chi connectivity index (χ4v) is 1.67. The van der Waals surface area contributed by atoms with E-state index < -0.39 is 0 Å². The summed E-state index contributed by atoms with van der Waals surface area (Å²) >= 11 is 1.45. The molecular weight excluding hydrogens is 170 g/mol. The molecule has 68 valence electrons. The third-order valence-corrected chi connectivity index (χ3v) is 3.01. The molecule has 1 heterocycles. The van der Waals surface area contributed by atoms with Crippen molar-refractivity contribution in [1.82, 2.24) is 4.37 Å². The quantitative estimate of drug-likeness (QED) is 0.782. The summed E-state index contributed by atoms with van der Waals surface area (Å²) in [6.45, 7) is 4.36. The van der Waals surface area contributed by atoms with E-state index in [0.29, 0.717) is 11.9 Å². The molecule has 0 aromatic carbocycles. The summed E-state index contributed by atoms with van der Waals surface area (Å²) in [5.74, 6) is 0.616. The zero-order chi connectivity index (χ0) is 9.14. The Balaban J connectivity index is 2.70. The first-order valence-electron chi connectivity index (χ1n) is 4.10. The number of anilines is 2. The standard InChI is InChI=1S/C8H15N3S/c1-4-6(2)11(3)8-5-7(9)10-12-8/h5-6H,4H2,1-3H3,(H2,9,10). The van der Waals surface area contributed by atoms with Crippen LogP contribution in [0.4, 0.5) is 10.8 Å². The van der Waals surface area contributed by atoms with E-state index in [1.165, 1.54) is 11.5 Å². The Morgan fingerprint density at radius 2 is 2.42 bits per heavy atom. The number of nitrogens with zero attached hydrogens (tertiary/aromatic N) is 2. The molecule has 12 heavy (non-hydrogen) atoms. The van der Waals surface area contributed by atoms with Crippen molar-refractivity contribution in [3.05, 3.63) is 6.07 Å². The van der Waals surface area contributed by atoms with Gasteiger partial charge in [-0.25, -0.2) is 0 Å². The number of hydrogen-bond acceptors (Lipinski definition) is 4. The van der Waals surface area contributed by atoms with Crippen LogP contribution in [0.5, 0.6) is 0 Å². The number of nitrogens with two attached hydrogens (primary N) is 1. The Morgan fingerprint density at radius 3 is 2.83 bits per heavy atom. The van der Waals surface area contributed by atoms with Crippen molar-refractivity contribution in [3.8, 4) is 0 Å². The van der Waals surface area contributed by atoms with E-state index in [4.69, 9.17) is 5.73 Å². The van der Waals surface area contributed by atoms with Crippen LogP contribution in [0.25, 0.3) is 0 Å². The molecule has 1 aromatic heterocycles. The van der Waals surface area contributed by atoms with E-state index in [1.54, 1.807) is 0 Å². The van der Waals surface area contributed by atoms with Crippen molar-refractivity contribution < 1.29 is 0 Å². The molecule has 0 saturated heterocycles. The Bertz CT molecular complexity index is 246. The van der Waals surface area contributed by atoms with E-state index in [9.17, 15) is 0 Å². The minimum Gasteiger partial charge on any atom is -0.383 e. The first-order chi connectivity index (χ1) is 5.65. The molecule has 0 aliphatic carbocycles. The van der Waals surface area contributed by atoms with Gasteiger partial charge in [0.1, 0.15) is 10.8 Å². The van der Waals surface area contributed by atoms with Crippen LogP contribution >= 0.6 is 11.5 Å². The topological polar surface area (TPSA) is 42.1 Å². The minimum absolute atomic E-state index is 0.546. The maximum Gasteiger partial charge on any atom is 0.139 e. The van der Waals surface area contributed by atoms with Crippen LogP contribution in [-0.2, 0) is 0 Å². The molecular formula is C8H15N3S. The number of aromatic nitrogens is 1. The largest absolute Gasteiger partial charge is 0.383 e. The van der Waals surface area contributed by atoms with Crippen molar-refractivity contribution in [2.75, 3.05) is 17.7 Å². The van der Waals surface area contributed by atoms with E-state index in [-0.39, 0.29) is 0 Å². The van der Waals surface area contributed by atoms with Gasteiger partial charge in [-0.05, 0) is 24.9 Å². The molecule has 1 atom stereocenters. The molecule has 1 rings (SSSR count). The van der Waals surface area contributed by atoms with Crippen LogP contribution in [-0.4, -0.2) is 17.5 Å². The molecule has 0 fully saturated rings. The molecule has 4 heteroatoms. The maximum absolute atomic E-state index is 5.53. The molecule has 0 saturated carbocycles. The normalized spacial score (nSPS) is 12.9. The minimum atomic E-state index is 0.546. The average Bonchev–Trinajstić information content (AvgIpc) is 2.49. The first-order valence-corrected chi connectivity index (χ1v) is 4.87. The molecule has 0 radical (unpaired) electrons. The molecule has 0 aliphatic rings. The molecule has 0 aliphatic heterocycles. The molecule has 1 unspecified atom stereocenters. The van der Waals surface area contributed by atoms with Crippen LogP contribution in [0, 0.1) is 0 Å². The Kier molecular flexibility index (Phi) is 2.92. The summed E-state index contributed by atoms with van der Waals surface area (Å²) in [6.07, 6.45) is 1.13. The van der Waals surface area contributed by atoms with E-state index in [0.717, 1.165) is 11.4 Å². The number of hydrogen-bond donors (Lipinski definition) is 1. The predicted molar refractivity (Wildman–Crippen MR) is 54.7 cm³/mol. The van der Waals surface area contributed by atoms with Gasteiger partial charge in [-0.2, -0.15) is 4.37 Å². The average molecular weight is 185 g/mol. The molecule has 0 bridgehead atoms. The summed E-state index contributed by atoms with van der Waals surface area (Å²) in [6, 6.07) is 2.46. The molecule has 1 aromatic rings. The highest BCUT2D eigenvalue weighted by Gasteiger charge is 2.09. The zero-order valence-corrected chi connectivity index (χ0v) is 8.56. The Morgan fingerprint density at radius 1 is 1.75 bits per heavy atom. The highest BCUT2D eigenvalue weighted by molar-refractivity contribution is 7.10. The van der Waals surface area contributed by atoms with E-state index in [2.05, 4.69) is 30.2 Å². The highest BCUT2D eigenvalue weighted by atomic mass is 32.1. The molecule has 0 amide bonds. The predicted octanol–water partition coefficient (Wildman–Crippen LogP) is 1.96. The van der Waals surface area contributed by atoms with Gasteiger partial charge in [-0.3, -0.25) is 0 Å². The van der Waals surface area contributed by atoms with Crippen molar-refractivity contribution in [3.63, 3.8) is 0 Å². The number of rotatable bonds is 3. The van der Waals surface area contributed by atoms with Gasteiger partial charge >= 0.3 is 0 Å². The van der Waals surface area contributed by atoms with Gasteiger partial charge < -0.3 is 10.6 Å². The summed E-state index contributed by atoms with van der Waals surface area (Å²) in [5, 5.41) is 1.14. The second kappa shape index (κ2) is 3.76. The smallest absolute Gasteiger partial charge is 0.139 e. The van der Waals surface area contributed by atoms with Gasteiger partial charge in [0.15, 0.2) is 0 Å². The molecule has 3 nitrogen and oxygen atoms in total. The summed E-state index contributed by atoms with van der Waals surface area (Å²) < 4.78 is 4.03. The lowest BCUT2D eigenvalue weighted by Crippen LogP contribution is -2.26. The maximum atomic E-state index is 5.53. The van der Waals surface area contributed by atoms with Gasteiger partial charge in [0, 0.05) is 19.2 Å². The molecule has 0 spiro atoms. The second-order valence-corrected chi connectivity index (χ2v) is 3.74. The fourth-order valence-electron chi connectivity index (χ4n) is 0.936. The van der Waals surface area contributed by atoms with E-state index >= 15 is 0 Å². The van der Waals surface area contributed by atoms with Gasteiger partial charge in [-0.1, -0.05) is 6.92 Å². The van der Waals surface area contributed by atoms with Crippen molar-refractivity contribution in [2.24, 2.45) is 0 Å². The van der Waals surface area contributed by atoms with Crippen LogP contribution in [0.15, 0.2) is 6.07 Å². The van der Waals surface area contributed by atoms with Crippen LogP contribution in [0.1, 0.15) is 20.3 Å². The van der Waals surface area contributed by atoms with Gasteiger partial charge in [-0.15, -0.1) is 0 Å². The lowest BCUT2D eigenvalue weighted by atomic mass is 10.2. The van der Waals surface area contributed by atoms with Crippen molar-refractivity contribution in [1.29, 1.82) is 0 Å². The first kappa shape index (κ1) is 9.32. The number of nitrogen functional groups attached to an aromatic ring is 1. The molecule has 2 N–H and O–H groups in total. The van der Waals surface area contributed by atoms with Crippen LogP contribution < -0.4 is 10.6 Å². The summed E-state index contributed by atoms with van der Waals surface area (Å²) in [7, 11) is 2.07. The van der Waals surface area contributed by atoms with E-state index in [1.807, 2.05) is 6.07 Å². The third-order valence-electron chi connectivity index (χ3n) is 2.12. The third kappa shape index (κ3) is 1.88. The fraction of sp³-hybridized carbons (Fsp3) is 0.625. The lowest BCUT2D eigenvalue weighted by molar-refractivity contribution is 0.668. The summed E-state index contributed by atoms with van der Waals surface area (Å²) in [5.41, 5.74) is 5.53. The van der Waals surface area contributed by atoms with Gasteiger partial charge in [0.2, 0.25) is 0 Å². The van der Waals surface area contributed by atoms with Crippen LogP contribution in [0.2, 0.25) is 0 Å². The monoisotopic (exact) mass is 185 g/mol. The SMILES string of the molecule is CCC(C)N(C)c1cc(N)ns1.